The van der Waals surface area contributed by atoms with Crippen molar-refractivity contribution in [3.05, 3.63) is 0 Å². The van der Waals surface area contributed by atoms with E-state index < -0.39 is 26.3 Å². The van der Waals surface area contributed by atoms with Crippen molar-refractivity contribution in [2.45, 2.75) is 46.9 Å². The molecule has 1 rings (SSSR count). The number of nitrogens with zero attached hydrogens (tertiary/aromatic N) is 2. The van der Waals surface area contributed by atoms with Crippen LogP contribution in [0.5, 0.6) is 0 Å². The third kappa shape index (κ3) is 2.73. The molecule has 0 fully saturated rings. The van der Waals surface area contributed by atoms with Crippen LogP contribution in [-0.4, -0.2) is 33.7 Å². The molecule has 0 N–H and O–H groups in total. The van der Waals surface area contributed by atoms with Gasteiger partial charge in [-0.3, -0.25) is 0 Å². The molecule has 16 heavy (non-hydrogen) atoms. The normalized spacial score (nSPS) is 14.7. The van der Waals surface area contributed by atoms with Crippen LogP contribution in [0.3, 0.4) is 0 Å². The van der Waals surface area contributed by atoms with Gasteiger partial charge in [-0.05, 0) is 39.0 Å². The van der Waals surface area contributed by atoms with E-state index in [1.807, 2.05) is 0 Å². The highest BCUT2D eigenvalue weighted by molar-refractivity contribution is 7.96. The first-order chi connectivity index (χ1) is 7.26. The molecule has 0 saturated heterocycles. The van der Waals surface area contributed by atoms with Crippen molar-refractivity contribution in [1.29, 1.82) is 0 Å². The summed E-state index contributed by atoms with van der Waals surface area (Å²) in [6, 6.07) is 0. The van der Waals surface area contributed by atoms with E-state index in [2.05, 4.69) is 10.2 Å². The molecule has 0 aromatic carbocycles. The van der Waals surface area contributed by atoms with Gasteiger partial charge in [-0.1, -0.05) is 5.10 Å². The third-order valence-electron chi connectivity index (χ3n) is 1.85. The van der Waals surface area contributed by atoms with Crippen LogP contribution in [0.15, 0.2) is 8.68 Å². The van der Waals surface area contributed by atoms with E-state index in [1.54, 1.807) is 27.7 Å². The SMILES string of the molecule is CC(C)[S+]([O-])c1nnc(S(=O)(=O)C(C)C)s1. The number of sulfone groups is 1. The van der Waals surface area contributed by atoms with Gasteiger partial charge in [-0.25, -0.2) is 8.42 Å². The van der Waals surface area contributed by atoms with E-state index >= 15 is 0 Å². The Balaban J connectivity index is 3.05. The lowest BCUT2D eigenvalue weighted by Crippen LogP contribution is -2.13. The minimum Gasteiger partial charge on any atom is -0.609 e. The number of aromatic nitrogens is 2. The number of hydrogen-bond acceptors (Lipinski definition) is 6. The summed E-state index contributed by atoms with van der Waals surface area (Å²) >= 11 is -0.388. The average Bonchev–Trinajstić information content (AvgIpc) is 2.65. The molecular formula is C8H14N2O3S3. The van der Waals surface area contributed by atoms with Gasteiger partial charge in [0.2, 0.25) is 14.2 Å². The molecule has 1 aromatic heterocycles. The summed E-state index contributed by atoms with van der Waals surface area (Å²) in [6.45, 7) is 6.73. The van der Waals surface area contributed by atoms with Crippen molar-refractivity contribution in [3.8, 4) is 0 Å². The van der Waals surface area contributed by atoms with Crippen LogP contribution >= 0.6 is 11.3 Å². The zero-order valence-electron chi connectivity index (χ0n) is 9.50. The van der Waals surface area contributed by atoms with Crippen LogP contribution in [0.4, 0.5) is 0 Å². The van der Waals surface area contributed by atoms with Gasteiger partial charge < -0.3 is 4.55 Å². The van der Waals surface area contributed by atoms with E-state index in [4.69, 9.17) is 0 Å². The van der Waals surface area contributed by atoms with Gasteiger partial charge >= 0.3 is 4.34 Å². The average molecular weight is 282 g/mol. The van der Waals surface area contributed by atoms with Crippen molar-refractivity contribution >= 4 is 32.3 Å². The predicted molar refractivity (Wildman–Crippen MR) is 63.8 cm³/mol. The summed E-state index contributed by atoms with van der Waals surface area (Å²) < 4.78 is 35.4. The summed E-state index contributed by atoms with van der Waals surface area (Å²) in [5.74, 6) is 0. The summed E-state index contributed by atoms with van der Waals surface area (Å²) in [7, 11) is -3.40. The summed E-state index contributed by atoms with van der Waals surface area (Å²) in [6.07, 6.45) is 0. The van der Waals surface area contributed by atoms with E-state index in [-0.39, 0.29) is 13.9 Å². The van der Waals surface area contributed by atoms with Gasteiger partial charge in [-0.2, -0.15) is 0 Å². The highest BCUT2D eigenvalue weighted by Crippen LogP contribution is 2.25. The first kappa shape index (κ1) is 13.9. The molecule has 0 radical (unpaired) electrons. The maximum Gasteiger partial charge on any atom is 0.323 e. The van der Waals surface area contributed by atoms with E-state index in [0.29, 0.717) is 0 Å². The Morgan fingerprint density at radius 2 is 1.81 bits per heavy atom. The molecule has 1 unspecified atom stereocenters. The van der Waals surface area contributed by atoms with Crippen LogP contribution in [0.1, 0.15) is 27.7 Å². The van der Waals surface area contributed by atoms with Crippen LogP contribution in [0.2, 0.25) is 0 Å². The van der Waals surface area contributed by atoms with E-state index in [1.165, 1.54) is 0 Å². The molecule has 92 valence electrons. The fourth-order valence-corrected chi connectivity index (χ4v) is 4.77. The largest absolute Gasteiger partial charge is 0.609 e. The third-order valence-corrected chi connectivity index (χ3v) is 7.15. The van der Waals surface area contributed by atoms with Gasteiger partial charge in [0, 0.05) is 11.2 Å². The zero-order valence-corrected chi connectivity index (χ0v) is 11.9. The Kier molecular flexibility index (Phi) is 4.33. The van der Waals surface area contributed by atoms with E-state index in [0.717, 1.165) is 11.3 Å². The Hall–Kier alpha value is -0.180. The van der Waals surface area contributed by atoms with Gasteiger partial charge in [0.15, 0.2) is 0 Å². The number of hydrogen-bond donors (Lipinski definition) is 0. The minimum absolute atomic E-state index is 0.0495. The first-order valence-electron chi connectivity index (χ1n) is 4.74. The first-order valence-corrected chi connectivity index (χ1v) is 8.32. The predicted octanol–water partition coefficient (Wildman–Crippen LogP) is 1.24. The lowest BCUT2D eigenvalue weighted by molar-refractivity contribution is 0.581. The Labute approximate surface area is 102 Å². The van der Waals surface area contributed by atoms with Crippen LogP contribution in [0, 0.1) is 0 Å². The Bertz CT molecular complexity index is 453. The smallest absolute Gasteiger partial charge is 0.323 e. The summed E-state index contributed by atoms with van der Waals surface area (Å²) in [5.41, 5.74) is 0. The Morgan fingerprint density at radius 3 is 2.25 bits per heavy atom. The van der Waals surface area contributed by atoms with Crippen LogP contribution < -0.4 is 0 Å². The fraction of sp³-hybridized carbons (Fsp3) is 0.750. The Morgan fingerprint density at radius 1 is 1.25 bits per heavy atom. The standard InChI is InChI=1S/C8H14N2O3S3/c1-5(2)15(11)7-9-10-8(14-7)16(12,13)6(3)4/h5-6H,1-4H3. The second kappa shape index (κ2) is 4.99. The molecule has 0 aliphatic carbocycles. The van der Waals surface area contributed by atoms with Gasteiger partial charge in [0.1, 0.15) is 5.25 Å². The summed E-state index contributed by atoms with van der Waals surface area (Å²) in [5, 5.41) is 6.64. The van der Waals surface area contributed by atoms with Crippen molar-refractivity contribution in [2.24, 2.45) is 0 Å². The molecular weight excluding hydrogens is 268 g/mol. The molecule has 0 aliphatic heterocycles. The quantitative estimate of drug-likeness (QED) is 0.776. The van der Waals surface area contributed by atoms with Crippen molar-refractivity contribution in [3.63, 3.8) is 0 Å². The number of rotatable bonds is 4. The summed E-state index contributed by atoms with van der Waals surface area (Å²) in [4.78, 5) is 0. The maximum absolute atomic E-state index is 11.7. The molecule has 0 amide bonds. The molecule has 1 atom stereocenters. The fourth-order valence-electron chi connectivity index (χ4n) is 0.797. The van der Waals surface area contributed by atoms with Crippen molar-refractivity contribution in [2.75, 3.05) is 0 Å². The van der Waals surface area contributed by atoms with Gasteiger partial charge in [0.05, 0.1) is 5.25 Å². The topological polar surface area (TPSA) is 83.0 Å². The second-order valence-corrected chi connectivity index (χ2v) is 9.61. The zero-order chi connectivity index (χ0) is 12.5. The van der Waals surface area contributed by atoms with Gasteiger partial charge in [-0.15, -0.1) is 5.10 Å². The minimum atomic E-state index is -3.40. The maximum atomic E-state index is 11.7. The van der Waals surface area contributed by atoms with Crippen LogP contribution in [0.25, 0.3) is 0 Å². The van der Waals surface area contributed by atoms with Gasteiger partial charge in [0.25, 0.3) is 0 Å². The van der Waals surface area contributed by atoms with Crippen molar-refractivity contribution in [1.82, 2.24) is 10.2 Å². The molecule has 1 aromatic rings. The van der Waals surface area contributed by atoms with Crippen LogP contribution in [-0.2, 0) is 21.0 Å². The van der Waals surface area contributed by atoms with E-state index in [9.17, 15) is 13.0 Å². The highest BCUT2D eigenvalue weighted by Gasteiger charge is 2.28. The monoisotopic (exact) mass is 282 g/mol. The molecule has 8 heteroatoms. The molecule has 5 nitrogen and oxygen atoms in total. The molecule has 0 bridgehead atoms. The molecule has 0 spiro atoms. The second-order valence-electron chi connectivity index (χ2n) is 3.77. The lowest BCUT2D eigenvalue weighted by atomic mass is 10.6. The molecule has 0 aliphatic rings. The highest BCUT2D eigenvalue weighted by atomic mass is 32.3. The molecule has 1 heterocycles. The van der Waals surface area contributed by atoms with Crippen molar-refractivity contribution < 1.29 is 13.0 Å². The molecule has 0 saturated carbocycles. The lowest BCUT2D eigenvalue weighted by Gasteiger charge is -2.08.